The predicted octanol–water partition coefficient (Wildman–Crippen LogP) is 2.39. The van der Waals surface area contributed by atoms with Gasteiger partial charge in [-0.15, -0.1) is 0 Å². The largest absolute Gasteiger partial charge is 0.369 e. The van der Waals surface area contributed by atoms with Crippen LogP contribution in [0.2, 0.25) is 10.0 Å². The van der Waals surface area contributed by atoms with Crippen LogP contribution in [0.4, 0.5) is 0 Å². The second kappa shape index (κ2) is 4.44. The molecular formula is C12H13Cl2N3O. The number of guanidine groups is 1. The van der Waals surface area contributed by atoms with Gasteiger partial charge in [-0.3, -0.25) is 9.69 Å². The molecule has 1 aliphatic heterocycles. The van der Waals surface area contributed by atoms with Crippen LogP contribution in [-0.4, -0.2) is 23.8 Å². The van der Waals surface area contributed by atoms with Crippen LogP contribution in [0.15, 0.2) is 23.2 Å². The van der Waals surface area contributed by atoms with E-state index >= 15 is 0 Å². The Morgan fingerprint density at radius 2 is 2.06 bits per heavy atom. The normalized spacial score (nSPS) is 24.1. The monoisotopic (exact) mass is 285 g/mol. The number of amides is 1. The quantitative estimate of drug-likeness (QED) is 0.861. The average Bonchev–Trinajstić information content (AvgIpc) is 2.29. The summed E-state index contributed by atoms with van der Waals surface area (Å²) >= 11 is 11.9. The molecule has 0 saturated carbocycles. The van der Waals surface area contributed by atoms with E-state index in [4.69, 9.17) is 28.9 Å². The molecule has 1 aromatic rings. The van der Waals surface area contributed by atoms with Crippen molar-refractivity contribution in [1.29, 1.82) is 0 Å². The van der Waals surface area contributed by atoms with E-state index < -0.39 is 5.54 Å². The molecule has 2 N–H and O–H groups in total. The van der Waals surface area contributed by atoms with E-state index in [-0.39, 0.29) is 18.3 Å². The Balaban J connectivity index is 2.48. The number of carbonyl (C=O) groups is 1. The lowest BCUT2D eigenvalue weighted by atomic mass is 9.88. The van der Waals surface area contributed by atoms with E-state index in [2.05, 4.69) is 4.99 Å². The lowest BCUT2D eigenvalue weighted by molar-refractivity contribution is -0.128. The van der Waals surface area contributed by atoms with Crippen molar-refractivity contribution in [2.75, 3.05) is 7.05 Å². The molecule has 2 rings (SSSR count). The zero-order valence-corrected chi connectivity index (χ0v) is 11.6. The maximum absolute atomic E-state index is 11.9. The maximum atomic E-state index is 11.9. The molecule has 1 atom stereocenters. The van der Waals surface area contributed by atoms with Gasteiger partial charge in [-0.05, 0) is 24.6 Å². The molecule has 1 aromatic carbocycles. The van der Waals surface area contributed by atoms with Crippen molar-refractivity contribution in [2.45, 2.75) is 18.9 Å². The van der Waals surface area contributed by atoms with Crippen LogP contribution >= 0.6 is 23.2 Å². The van der Waals surface area contributed by atoms with Crippen LogP contribution in [-0.2, 0) is 10.3 Å². The SMILES string of the molecule is CN1C(=O)C[C@](C)(c2ccc(Cl)c(Cl)c2)N=C1N. The van der Waals surface area contributed by atoms with Gasteiger partial charge in [-0.2, -0.15) is 0 Å². The van der Waals surface area contributed by atoms with Crippen LogP contribution in [0, 0.1) is 0 Å². The van der Waals surface area contributed by atoms with E-state index in [1.165, 1.54) is 4.90 Å². The van der Waals surface area contributed by atoms with Crippen LogP contribution in [0.1, 0.15) is 18.9 Å². The lowest BCUT2D eigenvalue weighted by Gasteiger charge is -2.33. The first-order valence-corrected chi connectivity index (χ1v) is 6.16. The Morgan fingerprint density at radius 1 is 1.39 bits per heavy atom. The van der Waals surface area contributed by atoms with Gasteiger partial charge in [0.05, 0.1) is 22.0 Å². The van der Waals surface area contributed by atoms with Crippen LogP contribution in [0.3, 0.4) is 0 Å². The van der Waals surface area contributed by atoms with Gasteiger partial charge in [0.15, 0.2) is 5.96 Å². The molecule has 1 aliphatic rings. The van der Waals surface area contributed by atoms with E-state index in [0.717, 1.165) is 5.56 Å². The molecule has 0 spiro atoms. The Hall–Kier alpha value is -1.26. The Kier molecular flexibility index (Phi) is 3.25. The Labute approximate surface area is 115 Å². The smallest absolute Gasteiger partial charge is 0.231 e. The second-order valence-electron chi connectivity index (χ2n) is 4.50. The number of hydrogen-bond acceptors (Lipinski definition) is 3. The summed E-state index contributed by atoms with van der Waals surface area (Å²) in [4.78, 5) is 17.6. The fourth-order valence-corrected chi connectivity index (χ4v) is 2.20. The highest BCUT2D eigenvalue weighted by Crippen LogP contribution is 2.35. The van der Waals surface area contributed by atoms with Crippen molar-refractivity contribution in [1.82, 2.24) is 4.90 Å². The van der Waals surface area contributed by atoms with Gasteiger partial charge in [-0.25, -0.2) is 4.99 Å². The van der Waals surface area contributed by atoms with E-state index in [0.29, 0.717) is 10.0 Å². The highest BCUT2D eigenvalue weighted by Gasteiger charge is 2.36. The zero-order chi connectivity index (χ0) is 13.5. The summed E-state index contributed by atoms with van der Waals surface area (Å²) in [5, 5.41) is 0.913. The van der Waals surface area contributed by atoms with E-state index in [9.17, 15) is 4.79 Å². The third-order valence-corrected chi connectivity index (χ3v) is 3.86. The fourth-order valence-electron chi connectivity index (χ4n) is 1.91. The molecule has 0 fully saturated rings. The summed E-state index contributed by atoms with van der Waals surface area (Å²) in [5.74, 6) is 0.135. The predicted molar refractivity (Wildman–Crippen MR) is 72.8 cm³/mol. The van der Waals surface area contributed by atoms with Gasteiger partial charge in [0.25, 0.3) is 0 Å². The van der Waals surface area contributed by atoms with Crippen molar-refractivity contribution in [3.8, 4) is 0 Å². The molecule has 0 unspecified atom stereocenters. The maximum Gasteiger partial charge on any atom is 0.231 e. The van der Waals surface area contributed by atoms with Gasteiger partial charge in [-0.1, -0.05) is 29.3 Å². The van der Waals surface area contributed by atoms with Crippen molar-refractivity contribution < 1.29 is 4.79 Å². The van der Waals surface area contributed by atoms with Gasteiger partial charge in [0.1, 0.15) is 0 Å². The third-order valence-electron chi connectivity index (χ3n) is 3.12. The highest BCUT2D eigenvalue weighted by molar-refractivity contribution is 6.42. The van der Waals surface area contributed by atoms with Gasteiger partial charge in [0.2, 0.25) is 5.91 Å². The van der Waals surface area contributed by atoms with Gasteiger partial charge >= 0.3 is 0 Å². The molecule has 0 bridgehead atoms. The molecule has 1 heterocycles. The molecule has 4 nitrogen and oxygen atoms in total. The second-order valence-corrected chi connectivity index (χ2v) is 5.32. The number of carbonyl (C=O) groups excluding carboxylic acids is 1. The van der Waals surface area contributed by atoms with Crippen molar-refractivity contribution in [3.05, 3.63) is 33.8 Å². The van der Waals surface area contributed by atoms with Crippen LogP contribution in [0.25, 0.3) is 0 Å². The summed E-state index contributed by atoms with van der Waals surface area (Å²) in [6, 6.07) is 5.22. The third kappa shape index (κ3) is 2.18. The number of aliphatic imine (C=N–C) groups is 1. The molecular weight excluding hydrogens is 273 g/mol. The van der Waals surface area contributed by atoms with Crippen LogP contribution < -0.4 is 5.73 Å². The minimum atomic E-state index is -0.693. The highest BCUT2D eigenvalue weighted by atomic mass is 35.5. The first kappa shape index (κ1) is 13.2. The van der Waals surface area contributed by atoms with Gasteiger partial charge in [0, 0.05) is 7.05 Å². The summed E-state index contributed by atoms with van der Waals surface area (Å²) in [5.41, 5.74) is 5.87. The minimum absolute atomic E-state index is 0.0731. The zero-order valence-electron chi connectivity index (χ0n) is 10.1. The number of nitrogens with zero attached hydrogens (tertiary/aromatic N) is 2. The van der Waals surface area contributed by atoms with E-state index in [1.807, 2.05) is 13.0 Å². The molecule has 0 saturated heterocycles. The van der Waals surface area contributed by atoms with Crippen molar-refractivity contribution in [3.63, 3.8) is 0 Å². The van der Waals surface area contributed by atoms with Crippen molar-refractivity contribution >= 4 is 35.1 Å². The number of nitrogens with two attached hydrogens (primary N) is 1. The average molecular weight is 286 g/mol. The van der Waals surface area contributed by atoms with Gasteiger partial charge < -0.3 is 5.73 Å². The number of benzene rings is 1. The number of halogens is 2. The first-order chi connectivity index (χ1) is 8.33. The fraction of sp³-hybridized carbons (Fsp3) is 0.333. The number of hydrogen-bond donors (Lipinski definition) is 1. The molecule has 18 heavy (non-hydrogen) atoms. The summed E-state index contributed by atoms with van der Waals surface area (Å²) < 4.78 is 0. The molecule has 1 amide bonds. The molecule has 0 radical (unpaired) electrons. The Bertz CT molecular complexity index is 544. The number of rotatable bonds is 1. The van der Waals surface area contributed by atoms with E-state index in [1.54, 1.807) is 19.2 Å². The van der Waals surface area contributed by atoms with Crippen LogP contribution in [0.5, 0.6) is 0 Å². The molecule has 6 heteroatoms. The standard InChI is InChI=1S/C12H13Cl2N3O/c1-12(6-10(18)17(2)11(15)16-12)7-3-4-8(13)9(14)5-7/h3-5H,6H2,1-2H3,(H2,15,16)/t12-/m1/s1. The van der Waals surface area contributed by atoms with Crippen molar-refractivity contribution in [2.24, 2.45) is 10.7 Å². The first-order valence-electron chi connectivity index (χ1n) is 5.41. The lowest BCUT2D eigenvalue weighted by Crippen LogP contribution is -2.47. The summed E-state index contributed by atoms with van der Waals surface area (Å²) in [6.45, 7) is 1.85. The molecule has 0 aromatic heterocycles. The summed E-state index contributed by atoms with van der Waals surface area (Å²) in [6.07, 6.45) is 0.252. The molecule has 96 valence electrons. The Morgan fingerprint density at radius 3 is 2.61 bits per heavy atom. The molecule has 0 aliphatic carbocycles. The minimum Gasteiger partial charge on any atom is -0.369 e. The summed E-state index contributed by atoms with van der Waals surface area (Å²) in [7, 11) is 1.61. The topological polar surface area (TPSA) is 58.7 Å².